The summed E-state index contributed by atoms with van der Waals surface area (Å²) in [5.41, 5.74) is 7.59. The monoisotopic (exact) mass is 463 g/mol. The van der Waals surface area contributed by atoms with Crippen molar-refractivity contribution in [2.75, 3.05) is 23.3 Å². The van der Waals surface area contributed by atoms with Crippen molar-refractivity contribution in [3.63, 3.8) is 0 Å². The second-order valence-electron chi connectivity index (χ2n) is 9.32. The van der Waals surface area contributed by atoms with E-state index in [-0.39, 0.29) is 17.7 Å². The van der Waals surface area contributed by atoms with Gasteiger partial charge in [-0.3, -0.25) is 14.4 Å². The number of Topliss-reactive ketones (excluding diaryl/α,β-unsaturated/α-hetero) is 1. The number of carbonyl (C=O) groups excluding carboxylic acids is 3. The number of aromatic nitrogens is 1. The Labute approximate surface area is 200 Å². The summed E-state index contributed by atoms with van der Waals surface area (Å²) in [6.07, 6.45) is 6.54. The van der Waals surface area contributed by atoms with Gasteiger partial charge in [0.25, 0.3) is 11.8 Å². The quantitative estimate of drug-likeness (QED) is 0.517. The van der Waals surface area contributed by atoms with E-state index in [9.17, 15) is 14.4 Å². The SMILES string of the molecule is CCCNc1cc(C(=O)NC2CC3CCCN(c4ccc(C(C)=O)cn4)C3C2)ccc1C(N)=O. The van der Waals surface area contributed by atoms with E-state index >= 15 is 0 Å². The van der Waals surface area contributed by atoms with Gasteiger partial charge in [0.15, 0.2) is 5.78 Å². The lowest BCUT2D eigenvalue weighted by Crippen LogP contribution is -2.43. The van der Waals surface area contributed by atoms with Crippen LogP contribution in [0.1, 0.15) is 77.0 Å². The fraction of sp³-hybridized carbons (Fsp3) is 0.462. The lowest BCUT2D eigenvalue weighted by molar-refractivity contribution is 0.0934. The van der Waals surface area contributed by atoms with E-state index in [1.54, 1.807) is 31.3 Å². The van der Waals surface area contributed by atoms with Gasteiger partial charge < -0.3 is 21.3 Å². The highest BCUT2D eigenvalue weighted by molar-refractivity contribution is 6.02. The Morgan fingerprint density at radius 1 is 1.15 bits per heavy atom. The number of pyridine rings is 1. The lowest BCUT2D eigenvalue weighted by atomic mass is 9.92. The molecule has 2 heterocycles. The molecule has 34 heavy (non-hydrogen) atoms. The van der Waals surface area contributed by atoms with Crippen molar-refractivity contribution in [2.45, 2.75) is 58.0 Å². The molecule has 0 bridgehead atoms. The van der Waals surface area contributed by atoms with Crippen LogP contribution in [0.25, 0.3) is 0 Å². The van der Waals surface area contributed by atoms with Crippen LogP contribution in [-0.4, -0.2) is 47.8 Å². The van der Waals surface area contributed by atoms with Gasteiger partial charge in [-0.05, 0) is 75.3 Å². The number of amides is 2. The molecule has 8 heteroatoms. The number of nitrogens with one attached hydrogen (secondary N) is 2. The Hall–Kier alpha value is -3.42. The Morgan fingerprint density at radius 2 is 1.94 bits per heavy atom. The van der Waals surface area contributed by atoms with E-state index in [0.717, 1.165) is 44.5 Å². The van der Waals surface area contributed by atoms with Crippen molar-refractivity contribution in [1.82, 2.24) is 10.3 Å². The highest BCUT2D eigenvalue weighted by atomic mass is 16.2. The summed E-state index contributed by atoms with van der Waals surface area (Å²) in [5.74, 6) is 0.731. The number of hydrogen-bond acceptors (Lipinski definition) is 6. The van der Waals surface area contributed by atoms with Gasteiger partial charge in [0.2, 0.25) is 0 Å². The van der Waals surface area contributed by atoms with Crippen molar-refractivity contribution in [3.8, 4) is 0 Å². The number of piperidine rings is 1. The van der Waals surface area contributed by atoms with Crippen LogP contribution in [0.15, 0.2) is 36.5 Å². The third-order valence-electron chi connectivity index (χ3n) is 6.93. The minimum absolute atomic E-state index is 0.0103. The van der Waals surface area contributed by atoms with Crippen molar-refractivity contribution < 1.29 is 14.4 Å². The van der Waals surface area contributed by atoms with Crippen LogP contribution in [0.5, 0.6) is 0 Å². The number of carbonyl (C=O) groups is 3. The summed E-state index contributed by atoms with van der Waals surface area (Å²) >= 11 is 0. The molecule has 1 saturated carbocycles. The average molecular weight is 464 g/mol. The molecule has 2 fully saturated rings. The van der Waals surface area contributed by atoms with Crippen molar-refractivity contribution in [3.05, 3.63) is 53.2 Å². The van der Waals surface area contributed by atoms with Crippen LogP contribution in [0, 0.1) is 5.92 Å². The first-order valence-electron chi connectivity index (χ1n) is 12.1. The molecule has 1 aromatic heterocycles. The number of ketones is 1. The average Bonchev–Trinajstić information content (AvgIpc) is 3.25. The number of anilines is 2. The summed E-state index contributed by atoms with van der Waals surface area (Å²) < 4.78 is 0. The van der Waals surface area contributed by atoms with Gasteiger partial charge in [0.05, 0.1) is 5.56 Å². The second-order valence-corrected chi connectivity index (χ2v) is 9.32. The molecule has 1 aliphatic heterocycles. The number of fused-ring (bicyclic) bond motifs is 1. The van der Waals surface area contributed by atoms with Crippen molar-refractivity contribution >= 4 is 29.1 Å². The summed E-state index contributed by atoms with van der Waals surface area (Å²) in [6, 6.07) is 9.12. The fourth-order valence-corrected chi connectivity index (χ4v) is 5.23. The molecule has 4 rings (SSSR count). The highest BCUT2D eigenvalue weighted by Crippen LogP contribution is 2.39. The van der Waals surface area contributed by atoms with E-state index in [1.807, 2.05) is 19.1 Å². The third-order valence-corrected chi connectivity index (χ3v) is 6.93. The Kier molecular flexibility index (Phi) is 7.14. The van der Waals surface area contributed by atoms with Crippen LogP contribution in [0.3, 0.4) is 0 Å². The number of rotatable bonds is 8. The standard InChI is InChI=1S/C26H33N5O3/c1-3-10-28-22-13-18(6-8-21(22)25(27)33)26(34)30-20-12-17-5-4-11-31(23(17)14-20)24-9-7-19(15-29-24)16(2)32/h6-9,13,15,17,20,23,28H,3-5,10-12,14H2,1-2H3,(H2,27,33)(H,30,34). The number of primary amides is 1. The van der Waals surface area contributed by atoms with Gasteiger partial charge in [0, 0.05) is 48.2 Å². The summed E-state index contributed by atoms with van der Waals surface area (Å²) in [6.45, 7) is 5.19. The predicted octanol–water partition coefficient (Wildman–Crippen LogP) is 3.38. The molecule has 0 radical (unpaired) electrons. The van der Waals surface area contributed by atoms with Gasteiger partial charge in [0.1, 0.15) is 5.82 Å². The maximum atomic E-state index is 13.1. The van der Waals surface area contributed by atoms with Gasteiger partial charge in [-0.25, -0.2) is 4.98 Å². The molecular weight excluding hydrogens is 430 g/mol. The van der Waals surface area contributed by atoms with Crippen LogP contribution in [0.2, 0.25) is 0 Å². The highest BCUT2D eigenvalue weighted by Gasteiger charge is 2.41. The number of hydrogen-bond donors (Lipinski definition) is 3. The molecule has 1 aliphatic carbocycles. The number of nitrogens with two attached hydrogens (primary N) is 1. The van der Waals surface area contributed by atoms with Gasteiger partial charge in [-0.1, -0.05) is 6.92 Å². The molecular formula is C26H33N5O3. The van der Waals surface area contributed by atoms with Crippen molar-refractivity contribution in [2.24, 2.45) is 11.7 Å². The van der Waals surface area contributed by atoms with E-state index in [4.69, 9.17) is 5.73 Å². The maximum absolute atomic E-state index is 13.1. The first-order valence-corrected chi connectivity index (χ1v) is 12.1. The molecule has 1 saturated heterocycles. The van der Waals surface area contributed by atoms with Crippen molar-refractivity contribution in [1.29, 1.82) is 0 Å². The summed E-state index contributed by atoms with van der Waals surface area (Å²) in [5, 5.41) is 6.40. The largest absolute Gasteiger partial charge is 0.384 e. The molecule has 8 nitrogen and oxygen atoms in total. The molecule has 2 aliphatic rings. The zero-order valence-electron chi connectivity index (χ0n) is 19.8. The van der Waals surface area contributed by atoms with Crippen LogP contribution >= 0.6 is 0 Å². The fourth-order valence-electron chi connectivity index (χ4n) is 5.23. The maximum Gasteiger partial charge on any atom is 0.251 e. The summed E-state index contributed by atoms with van der Waals surface area (Å²) in [7, 11) is 0. The van der Waals surface area contributed by atoms with E-state index in [0.29, 0.717) is 40.9 Å². The minimum Gasteiger partial charge on any atom is -0.384 e. The van der Waals surface area contributed by atoms with E-state index in [1.165, 1.54) is 0 Å². The molecule has 1 aromatic carbocycles. The smallest absolute Gasteiger partial charge is 0.251 e. The zero-order chi connectivity index (χ0) is 24.2. The van der Waals surface area contributed by atoms with Crippen LogP contribution in [-0.2, 0) is 0 Å². The first-order chi connectivity index (χ1) is 16.4. The molecule has 3 atom stereocenters. The van der Waals surface area contributed by atoms with E-state index in [2.05, 4.69) is 20.5 Å². The summed E-state index contributed by atoms with van der Waals surface area (Å²) in [4.78, 5) is 43.3. The normalized spacial score (nSPS) is 21.6. The van der Waals surface area contributed by atoms with Crippen LogP contribution in [0.4, 0.5) is 11.5 Å². The molecule has 3 unspecified atom stereocenters. The molecule has 4 N–H and O–H groups in total. The molecule has 180 valence electrons. The third kappa shape index (κ3) is 5.05. The number of benzene rings is 1. The Morgan fingerprint density at radius 3 is 2.62 bits per heavy atom. The Bertz CT molecular complexity index is 1070. The first kappa shape index (κ1) is 23.7. The van der Waals surface area contributed by atoms with Gasteiger partial charge >= 0.3 is 0 Å². The Balaban J connectivity index is 1.45. The molecule has 2 amide bonds. The lowest BCUT2D eigenvalue weighted by Gasteiger charge is -2.38. The van der Waals surface area contributed by atoms with Crippen LogP contribution < -0.4 is 21.3 Å². The minimum atomic E-state index is -0.518. The van der Waals surface area contributed by atoms with Gasteiger partial charge in [-0.2, -0.15) is 0 Å². The molecule has 0 spiro atoms. The number of nitrogens with zero attached hydrogens (tertiary/aromatic N) is 2. The van der Waals surface area contributed by atoms with E-state index < -0.39 is 5.91 Å². The predicted molar refractivity (Wildman–Crippen MR) is 132 cm³/mol. The zero-order valence-corrected chi connectivity index (χ0v) is 19.8. The molecule has 2 aromatic rings. The topological polar surface area (TPSA) is 117 Å². The second kappa shape index (κ2) is 10.2. The van der Waals surface area contributed by atoms with Gasteiger partial charge in [-0.15, -0.1) is 0 Å².